The van der Waals surface area contributed by atoms with Gasteiger partial charge in [0, 0.05) is 12.5 Å². The van der Waals surface area contributed by atoms with Crippen LogP contribution in [0.1, 0.15) is 22.3 Å². The van der Waals surface area contributed by atoms with Crippen LogP contribution in [-0.4, -0.2) is 31.1 Å². The minimum absolute atomic E-state index is 0.0491. The Morgan fingerprint density at radius 1 is 0.926 bits per heavy atom. The van der Waals surface area contributed by atoms with Crippen molar-refractivity contribution in [2.45, 2.75) is 13.8 Å². The molecule has 6 heteroatoms. The smallest absolute Gasteiger partial charge is 0.171 e. The third kappa shape index (κ3) is 4.86. The molecular formula is C21H21NO4S. The van der Waals surface area contributed by atoms with E-state index in [4.69, 9.17) is 14.2 Å². The minimum atomic E-state index is 0.0491. The van der Waals surface area contributed by atoms with E-state index in [-0.39, 0.29) is 5.78 Å². The largest absolute Gasteiger partial charge is 0.497 e. The first-order valence-electron chi connectivity index (χ1n) is 8.55. The molecule has 5 nitrogen and oxygen atoms in total. The summed E-state index contributed by atoms with van der Waals surface area (Å²) in [6, 6.07) is 15.1. The summed E-state index contributed by atoms with van der Waals surface area (Å²) in [5.41, 5.74) is 1.75. The number of carbonyl (C=O) groups excluding carboxylic acids is 1. The lowest BCUT2D eigenvalue weighted by molar-refractivity contribution is 0.102. The number of benzene rings is 2. The third-order valence-corrected chi connectivity index (χ3v) is 5.21. The molecule has 2 aromatic carbocycles. The fraction of sp³-hybridized carbons (Fsp3) is 0.238. The van der Waals surface area contributed by atoms with Gasteiger partial charge in [0.25, 0.3) is 0 Å². The van der Waals surface area contributed by atoms with Crippen molar-refractivity contribution in [1.29, 1.82) is 0 Å². The highest BCUT2D eigenvalue weighted by Crippen LogP contribution is 2.29. The van der Waals surface area contributed by atoms with Gasteiger partial charge in [0.15, 0.2) is 5.78 Å². The van der Waals surface area contributed by atoms with Crippen LogP contribution in [0.15, 0.2) is 48.5 Å². The van der Waals surface area contributed by atoms with E-state index in [9.17, 15) is 4.79 Å². The molecule has 0 saturated carbocycles. The second-order valence-corrected chi connectivity index (χ2v) is 6.89. The number of aryl methyl sites for hydroxylation is 1. The number of Topliss-reactive ketones (excluding diaryl/α,β-unsaturated/α-hetero) is 1. The Kier molecular flexibility index (Phi) is 6.08. The number of hydrogen-bond donors (Lipinski definition) is 0. The van der Waals surface area contributed by atoms with Gasteiger partial charge in [-0.25, -0.2) is 4.98 Å². The average Bonchev–Trinajstić information content (AvgIpc) is 3.08. The third-order valence-electron chi connectivity index (χ3n) is 3.90. The molecule has 0 bridgehead atoms. The van der Waals surface area contributed by atoms with Gasteiger partial charge in [-0.15, -0.1) is 11.3 Å². The normalized spacial score (nSPS) is 10.5. The van der Waals surface area contributed by atoms with Gasteiger partial charge in [-0.3, -0.25) is 4.79 Å². The maximum atomic E-state index is 11.6. The number of aromatic nitrogens is 1. The first-order chi connectivity index (χ1) is 13.1. The number of methoxy groups -OCH3 is 1. The second-order valence-electron chi connectivity index (χ2n) is 5.89. The lowest BCUT2D eigenvalue weighted by atomic mass is 10.2. The van der Waals surface area contributed by atoms with E-state index in [1.54, 1.807) is 14.0 Å². The summed E-state index contributed by atoms with van der Waals surface area (Å²) < 4.78 is 16.5. The van der Waals surface area contributed by atoms with E-state index in [2.05, 4.69) is 4.98 Å². The molecule has 27 heavy (non-hydrogen) atoms. The number of ether oxygens (including phenoxy) is 3. The van der Waals surface area contributed by atoms with Gasteiger partial charge >= 0.3 is 0 Å². The molecule has 0 fully saturated rings. The van der Waals surface area contributed by atoms with Gasteiger partial charge < -0.3 is 14.2 Å². The monoisotopic (exact) mass is 383 g/mol. The average molecular weight is 383 g/mol. The van der Waals surface area contributed by atoms with Crippen LogP contribution in [-0.2, 0) is 0 Å². The molecule has 0 radical (unpaired) electrons. The SMILES string of the molecule is COc1ccc(OCCOc2ccc(-c3nc(C)c(C(C)=O)s3)cc2)cc1. The van der Waals surface area contributed by atoms with E-state index in [0.717, 1.165) is 33.5 Å². The number of hydrogen-bond acceptors (Lipinski definition) is 6. The van der Waals surface area contributed by atoms with Crippen LogP contribution < -0.4 is 14.2 Å². The summed E-state index contributed by atoms with van der Waals surface area (Å²) in [5, 5.41) is 0.840. The molecule has 1 aromatic heterocycles. The second kappa shape index (κ2) is 8.68. The molecule has 0 spiro atoms. The molecule has 0 aliphatic carbocycles. The number of rotatable bonds is 8. The van der Waals surface area contributed by atoms with E-state index < -0.39 is 0 Å². The van der Waals surface area contributed by atoms with Gasteiger partial charge in [0.05, 0.1) is 17.7 Å². The first-order valence-corrected chi connectivity index (χ1v) is 9.37. The molecule has 0 amide bonds. The summed E-state index contributed by atoms with van der Waals surface area (Å²) in [6.07, 6.45) is 0. The number of nitrogens with zero attached hydrogens (tertiary/aromatic N) is 1. The van der Waals surface area contributed by atoms with Crippen molar-refractivity contribution in [3.05, 3.63) is 59.1 Å². The summed E-state index contributed by atoms with van der Waals surface area (Å²) in [5.74, 6) is 2.38. The Balaban J connectivity index is 1.51. The number of ketones is 1. The van der Waals surface area contributed by atoms with Crippen LogP contribution in [0, 0.1) is 6.92 Å². The van der Waals surface area contributed by atoms with Gasteiger partial charge in [-0.2, -0.15) is 0 Å². The van der Waals surface area contributed by atoms with Crippen molar-refractivity contribution in [3.63, 3.8) is 0 Å². The van der Waals surface area contributed by atoms with Gasteiger partial charge in [0.1, 0.15) is 35.5 Å². The van der Waals surface area contributed by atoms with Crippen molar-refractivity contribution in [1.82, 2.24) is 4.98 Å². The standard InChI is InChI=1S/C21H21NO4S/c1-14-20(15(2)23)27-21(22-14)16-4-6-18(7-5-16)25-12-13-26-19-10-8-17(24-3)9-11-19/h4-11H,12-13H2,1-3H3. The molecule has 3 aromatic rings. The zero-order chi connectivity index (χ0) is 19.2. The molecule has 0 unspecified atom stereocenters. The zero-order valence-electron chi connectivity index (χ0n) is 15.5. The van der Waals surface area contributed by atoms with E-state index >= 15 is 0 Å². The Hall–Kier alpha value is -2.86. The predicted octanol–water partition coefficient (Wildman–Crippen LogP) is 4.79. The molecule has 1 heterocycles. The summed E-state index contributed by atoms with van der Waals surface area (Å²) in [6.45, 7) is 4.31. The van der Waals surface area contributed by atoms with Crippen molar-refractivity contribution >= 4 is 17.1 Å². The molecule has 0 N–H and O–H groups in total. The molecule has 0 atom stereocenters. The van der Waals surface area contributed by atoms with Crippen LogP contribution in [0.2, 0.25) is 0 Å². The lowest BCUT2D eigenvalue weighted by Gasteiger charge is -2.09. The van der Waals surface area contributed by atoms with Crippen LogP contribution in [0.3, 0.4) is 0 Å². The highest BCUT2D eigenvalue weighted by atomic mass is 32.1. The highest BCUT2D eigenvalue weighted by Gasteiger charge is 2.12. The zero-order valence-corrected chi connectivity index (χ0v) is 16.3. The minimum Gasteiger partial charge on any atom is -0.497 e. The first kappa shape index (κ1) is 18.9. The molecule has 3 rings (SSSR count). The molecule has 0 aliphatic rings. The van der Waals surface area contributed by atoms with Crippen LogP contribution in [0.4, 0.5) is 0 Å². The Morgan fingerprint density at radius 3 is 1.93 bits per heavy atom. The Morgan fingerprint density at radius 2 is 1.44 bits per heavy atom. The van der Waals surface area contributed by atoms with Crippen LogP contribution in [0.25, 0.3) is 10.6 Å². The Labute approximate surface area is 162 Å². The quantitative estimate of drug-likeness (QED) is 0.414. The van der Waals surface area contributed by atoms with Gasteiger partial charge in [0.2, 0.25) is 0 Å². The van der Waals surface area contributed by atoms with E-state index in [1.807, 2.05) is 55.5 Å². The maximum absolute atomic E-state index is 11.6. The fourth-order valence-electron chi connectivity index (χ4n) is 2.53. The highest BCUT2D eigenvalue weighted by molar-refractivity contribution is 7.17. The van der Waals surface area contributed by atoms with Crippen LogP contribution in [0.5, 0.6) is 17.2 Å². The topological polar surface area (TPSA) is 57.6 Å². The fourth-order valence-corrected chi connectivity index (χ4v) is 3.50. The predicted molar refractivity (Wildman–Crippen MR) is 106 cm³/mol. The summed E-state index contributed by atoms with van der Waals surface area (Å²) >= 11 is 1.42. The lowest BCUT2D eigenvalue weighted by Crippen LogP contribution is -2.08. The van der Waals surface area contributed by atoms with Gasteiger partial charge in [-0.1, -0.05) is 0 Å². The number of thiazole rings is 1. The van der Waals surface area contributed by atoms with E-state index in [0.29, 0.717) is 18.1 Å². The van der Waals surface area contributed by atoms with E-state index in [1.165, 1.54) is 11.3 Å². The van der Waals surface area contributed by atoms with Crippen LogP contribution >= 0.6 is 11.3 Å². The van der Waals surface area contributed by atoms with Crippen molar-refractivity contribution in [3.8, 4) is 27.8 Å². The molecule has 0 aliphatic heterocycles. The summed E-state index contributed by atoms with van der Waals surface area (Å²) in [4.78, 5) is 16.8. The van der Waals surface area contributed by atoms with Crippen molar-refractivity contribution < 1.29 is 19.0 Å². The van der Waals surface area contributed by atoms with Gasteiger partial charge in [-0.05, 0) is 55.5 Å². The summed E-state index contributed by atoms with van der Waals surface area (Å²) in [7, 11) is 1.63. The molecule has 140 valence electrons. The van der Waals surface area contributed by atoms with Crippen molar-refractivity contribution in [2.75, 3.05) is 20.3 Å². The van der Waals surface area contributed by atoms with Crippen molar-refractivity contribution in [2.24, 2.45) is 0 Å². The maximum Gasteiger partial charge on any atom is 0.171 e. The molecular weight excluding hydrogens is 362 g/mol. The Bertz CT molecular complexity index is 901. The number of carbonyl (C=O) groups is 1. The molecule has 0 saturated heterocycles.